The van der Waals surface area contributed by atoms with Crippen molar-refractivity contribution in [3.05, 3.63) is 71.3 Å². The van der Waals surface area contributed by atoms with Gasteiger partial charge in [-0.3, -0.25) is 4.79 Å². The number of hydrogen-bond acceptors (Lipinski definition) is 3. The zero-order valence-electron chi connectivity index (χ0n) is 15.9. The zero-order valence-corrected chi connectivity index (χ0v) is 15.9. The number of benzene rings is 3. The van der Waals surface area contributed by atoms with Gasteiger partial charge in [0.1, 0.15) is 0 Å². The van der Waals surface area contributed by atoms with E-state index < -0.39 is 11.6 Å². The van der Waals surface area contributed by atoms with E-state index in [1.807, 2.05) is 30.0 Å². The van der Waals surface area contributed by atoms with Crippen molar-refractivity contribution in [1.29, 1.82) is 0 Å². The van der Waals surface area contributed by atoms with Crippen LogP contribution in [0.1, 0.15) is 22.3 Å². The van der Waals surface area contributed by atoms with Crippen molar-refractivity contribution in [2.75, 3.05) is 18.4 Å². The number of amides is 1. The van der Waals surface area contributed by atoms with Crippen LogP contribution in [0.3, 0.4) is 0 Å². The molecule has 0 saturated carbocycles. The van der Waals surface area contributed by atoms with Crippen LogP contribution < -0.4 is 5.32 Å². The number of morpholine rings is 1. The van der Waals surface area contributed by atoms with E-state index in [9.17, 15) is 13.6 Å². The molecule has 2 atom stereocenters. The van der Waals surface area contributed by atoms with Crippen molar-refractivity contribution in [2.45, 2.75) is 25.6 Å². The first-order valence-corrected chi connectivity index (χ1v) is 9.69. The molecule has 6 rings (SSSR count). The lowest BCUT2D eigenvalue weighted by molar-refractivity contribution is -0.171. The zero-order chi connectivity index (χ0) is 20.1. The van der Waals surface area contributed by atoms with E-state index in [1.165, 1.54) is 12.1 Å². The lowest BCUT2D eigenvalue weighted by Crippen LogP contribution is -2.58. The van der Waals surface area contributed by atoms with Crippen molar-refractivity contribution in [2.24, 2.45) is 0 Å². The molecule has 3 aromatic carbocycles. The predicted octanol–water partition coefficient (Wildman–Crippen LogP) is 4.78. The summed E-state index contributed by atoms with van der Waals surface area (Å²) in [5.41, 5.74) is 2.24. The third-order valence-electron chi connectivity index (χ3n) is 5.75. The van der Waals surface area contributed by atoms with E-state index >= 15 is 0 Å². The third-order valence-corrected chi connectivity index (χ3v) is 5.75. The van der Waals surface area contributed by atoms with E-state index in [1.54, 1.807) is 12.1 Å². The molecule has 2 bridgehead atoms. The van der Waals surface area contributed by atoms with Crippen molar-refractivity contribution in [3.8, 4) is 0 Å². The number of carbonyl (C=O) groups is 1. The Morgan fingerprint density at radius 3 is 2.52 bits per heavy atom. The van der Waals surface area contributed by atoms with E-state index in [2.05, 4.69) is 5.32 Å². The van der Waals surface area contributed by atoms with Crippen LogP contribution in [-0.4, -0.2) is 36.1 Å². The lowest BCUT2D eigenvalue weighted by atomic mass is 9.94. The van der Waals surface area contributed by atoms with E-state index in [0.717, 1.165) is 28.8 Å². The number of fused-ring (bicyclic) bond motifs is 3. The Kier molecular flexibility index (Phi) is 4.24. The van der Waals surface area contributed by atoms with Crippen LogP contribution in [0.25, 0.3) is 10.8 Å². The molecule has 0 aliphatic carbocycles. The van der Waals surface area contributed by atoms with Gasteiger partial charge in [-0.25, -0.2) is 8.78 Å². The molecule has 1 amide bonds. The van der Waals surface area contributed by atoms with Crippen LogP contribution in [0.2, 0.25) is 0 Å². The summed E-state index contributed by atoms with van der Waals surface area (Å²) >= 11 is 0. The summed E-state index contributed by atoms with van der Waals surface area (Å²) in [5.74, 6) is -1.86. The number of piperidine rings is 1. The molecule has 3 aliphatic rings. The monoisotopic (exact) mass is 394 g/mol. The normalized spacial score (nSPS) is 20.4. The third kappa shape index (κ3) is 3.04. The van der Waals surface area contributed by atoms with Crippen molar-refractivity contribution in [1.82, 2.24) is 4.90 Å². The minimum Gasteiger partial charge on any atom is -0.371 e. The summed E-state index contributed by atoms with van der Waals surface area (Å²) in [4.78, 5) is 15.1. The van der Waals surface area contributed by atoms with E-state index in [4.69, 9.17) is 4.74 Å². The van der Waals surface area contributed by atoms with Crippen LogP contribution in [0.4, 0.5) is 20.2 Å². The van der Waals surface area contributed by atoms with Crippen LogP contribution >= 0.6 is 0 Å². The number of hydrogen-bond donors (Lipinski definition) is 1. The van der Waals surface area contributed by atoms with Gasteiger partial charge in [0, 0.05) is 36.1 Å². The van der Waals surface area contributed by atoms with Gasteiger partial charge < -0.3 is 15.0 Å². The van der Waals surface area contributed by atoms with Crippen molar-refractivity contribution < 1.29 is 18.3 Å². The summed E-state index contributed by atoms with van der Waals surface area (Å²) in [6.07, 6.45) is 1.30. The molecule has 3 aromatic rings. The maximum atomic E-state index is 14.1. The molecule has 0 radical (unpaired) electrons. The summed E-state index contributed by atoms with van der Waals surface area (Å²) in [5, 5.41) is 4.59. The fourth-order valence-corrected chi connectivity index (χ4v) is 4.31. The highest BCUT2D eigenvalue weighted by Gasteiger charge is 2.40. The first-order valence-electron chi connectivity index (χ1n) is 9.69. The van der Waals surface area contributed by atoms with Gasteiger partial charge in [-0.2, -0.15) is 0 Å². The Hall–Kier alpha value is -2.99. The molecule has 3 fully saturated rings. The topological polar surface area (TPSA) is 41.6 Å². The second kappa shape index (κ2) is 6.81. The SMILES string of the molecule is Cc1cccc2c(Nc3cccc(F)c3F)ccc(C(=O)N3CC4CC(C3)O4)c12. The van der Waals surface area contributed by atoms with Gasteiger partial charge in [-0.05, 0) is 42.1 Å². The number of nitrogens with one attached hydrogen (secondary N) is 1. The maximum Gasteiger partial charge on any atom is 0.254 e. The van der Waals surface area contributed by atoms with E-state index in [-0.39, 0.29) is 23.8 Å². The second-order valence-corrected chi connectivity index (χ2v) is 7.71. The molecule has 0 aromatic heterocycles. The number of carbonyl (C=O) groups excluding carboxylic acids is 1. The molecular weight excluding hydrogens is 374 g/mol. The van der Waals surface area contributed by atoms with Crippen molar-refractivity contribution in [3.63, 3.8) is 0 Å². The summed E-state index contributed by atoms with van der Waals surface area (Å²) in [7, 11) is 0. The average molecular weight is 394 g/mol. The number of rotatable bonds is 3. The average Bonchev–Trinajstić information content (AvgIpc) is 2.71. The van der Waals surface area contributed by atoms with Crippen molar-refractivity contribution >= 4 is 28.1 Å². The smallest absolute Gasteiger partial charge is 0.254 e. The van der Waals surface area contributed by atoms with Gasteiger partial charge >= 0.3 is 0 Å². The van der Waals surface area contributed by atoms with Gasteiger partial charge in [0.15, 0.2) is 11.6 Å². The van der Waals surface area contributed by atoms with Gasteiger partial charge in [0.05, 0.1) is 17.9 Å². The van der Waals surface area contributed by atoms with Gasteiger partial charge in [0.25, 0.3) is 5.91 Å². The lowest BCUT2D eigenvalue weighted by Gasteiger charge is -2.47. The molecule has 3 heterocycles. The molecule has 1 N–H and O–H groups in total. The minimum absolute atomic E-state index is 0.0224. The minimum atomic E-state index is -0.930. The van der Waals surface area contributed by atoms with Crippen LogP contribution in [0, 0.1) is 18.6 Å². The number of anilines is 2. The molecular formula is C23H20F2N2O2. The van der Waals surface area contributed by atoms with Gasteiger partial charge in [0.2, 0.25) is 0 Å². The maximum absolute atomic E-state index is 14.1. The Bertz CT molecular complexity index is 1120. The van der Waals surface area contributed by atoms with Crippen LogP contribution in [0.15, 0.2) is 48.5 Å². The number of halogens is 2. The van der Waals surface area contributed by atoms with Crippen LogP contribution in [0.5, 0.6) is 0 Å². The first kappa shape index (κ1) is 18.1. The van der Waals surface area contributed by atoms with Gasteiger partial charge in [-0.1, -0.05) is 24.3 Å². The molecule has 3 aliphatic heterocycles. The highest BCUT2D eigenvalue weighted by molar-refractivity contribution is 6.12. The Morgan fingerprint density at radius 2 is 1.76 bits per heavy atom. The summed E-state index contributed by atoms with van der Waals surface area (Å²) < 4.78 is 33.4. The molecule has 29 heavy (non-hydrogen) atoms. The largest absolute Gasteiger partial charge is 0.371 e. The highest BCUT2D eigenvalue weighted by atomic mass is 19.2. The molecule has 4 nitrogen and oxygen atoms in total. The molecule has 148 valence electrons. The van der Waals surface area contributed by atoms with Crippen LogP contribution in [-0.2, 0) is 4.74 Å². The standard InChI is InChI=1S/C23H20F2N2O2/c1-13-4-2-5-16-19(26-20-7-3-6-18(24)22(20)25)9-8-17(21(13)16)23(28)27-11-14-10-15(12-27)29-14/h2-9,14-15,26H,10-12H2,1H3. The second-order valence-electron chi connectivity index (χ2n) is 7.71. The van der Waals surface area contributed by atoms with E-state index in [0.29, 0.717) is 24.3 Å². The molecule has 2 unspecified atom stereocenters. The fraction of sp³-hybridized carbons (Fsp3) is 0.261. The Balaban J connectivity index is 1.56. The highest BCUT2D eigenvalue weighted by Crippen LogP contribution is 2.34. The fourth-order valence-electron chi connectivity index (χ4n) is 4.31. The molecule has 3 saturated heterocycles. The molecule has 6 heteroatoms. The van der Waals surface area contributed by atoms with Gasteiger partial charge in [-0.15, -0.1) is 0 Å². The summed E-state index contributed by atoms with van der Waals surface area (Å²) in [6, 6.07) is 13.3. The number of ether oxygens (including phenoxy) is 1. The summed E-state index contributed by atoms with van der Waals surface area (Å²) in [6.45, 7) is 3.16. The Morgan fingerprint density at radius 1 is 1.03 bits per heavy atom. The molecule has 0 spiro atoms. The first-order chi connectivity index (χ1) is 14.0. The number of aryl methyl sites for hydroxylation is 1. The quantitative estimate of drug-likeness (QED) is 0.695. The number of nitrogens with zero attached hydrogens (tertiary/aromatic N) is 1. The Labute approximate surface area is 167 Å². The predicted molar refractivity (Wildman–Crippen MR) is 108 cm³/mol.